The van der Waals surface area contributed by atoms with Crippen LogP contribution in [0.25, 0.3) is 11.3 Å². The van der Waals surface area contributed by atoms with Gasteiger partial charge in [-0.15, -0.1) is 0 Å². The molecule has 1 amide bonds. The smallest absolute Gasteiger partial charge is 0.269 e. The van der Waals surface area contributed by atoms with Crippen LogP contribution in [0.3, 0.4) is 0 Å². The van der Waals surface area contributed by atoms with Gasteiger partial charge in [0.25, 0.3) is 5.91 Å². The predicted molar refractivity (Wildman–Crippen MR) is 162 cm³/mol. The van der Waals surface area contributed by atoms with Crippen molar-refractivity contribution in [2.45, 2.75) is 62.4 Å². The van der Waals surface area contributed by atoms with Crippen LogP contribution in [0.15, 0.2) is 67.3 Å². The van der Waals surface area contributed by atoms with Gasteiger partial charge in [-0.25, -0.2) is 37.0 Å². The maximum Gasteiger partial charge on any atom is 0.269 e. The second-order valence-electron chi connectivity index (χ2n) is 11.0. The Bertz CT molecular complexity index is 1760. The summed E-state index contributed by atoms with van der Waals surface area (Å²) in [4.78, 5) is 35.1. The molecule has 0 saturated heterocycles. The molecular formula is C31H32FN7O4S. The average molecular weight is 618 g/mol. The number of alkyl halides is 1. The van der Waals surface area contributed by atoms with Crippen LogP contribution in [0.4, 0.5) is 16.2 Å². The zero-order valence-electron chi connectivity index (χ0n) is 24.4. The van der Waals surface area contributed by atoms with Crippen molar-refractivity contribution >= 4 is 27.7 Å². The van der Waals surface area contributed by atoms with Gasteiger partial charge in [0.05, 0.1) is 42.2 Å². The maximum absolute atomic E-state index is 16.5. The molecule has 3 heterocycles. The van der Waals surface area contributed by atoms with E-state index in [2.05, 4.69) is 30.2 Å². The molecule has 0 radical (unpaired) electrons. The molecule has 4 aromatic rings. The number of hydrogen-bond acceptors (Lipinski definition) is 9. The number of rotatable bonds is 12. The number of pyridine rings is 1. The third kappa shape index (κ3) is 6.09. The normalized spacial score (nSPS) is 16.2. The molecule has 1 aromatic carbocycles. The molecule has 0 aliphatic heterocycles. The van der Waals surface area contributed by atoms with E-state index in [1.54, 1.807) is 62.1 Å². The van der Waals surface area contributed by atoms with Gasteiger partial charge in [-0.3, -0.25) is 9.78 Å². The molecular weight excluding hydrogens is 585 g/mol. The lowest BCUT2D eigenvalue weighted by molar-refractivity contribution is -0.128. The van der Waals surface area contributed by atoms with E-state index in [4.69, 9.17) is 4.74 Å². The Morgan fingerprint density at radius 1 is 1.02 bits per heavy atom. The number of amides is 1. The van der Waals surface area contributed by atoms with Gasteiger partial charge < -0.3 is 10.1 Å². The van der Waals surface area contributed by atoms with Crippen molar-refractivity contribution in [1.82, 2.24) is 24.9 Å². The first-order valence-electron chi connectivity index (χ1n) is 14.5. The molecule has 1 N–H and O–H groups in total. The second-order valence-corrected chi connectivity index (χ2v) is 13.1. The highest BCUT2D eigenvalue weighted by Crippen LogP contribution is 2.39. The Morgan fingerprint density at radius 2 is 1.80 bits per heavy atom. The number of carbonyl (C=O) groups excluding carboxylic acids is 1. The van der Waals surface area contributed by atoms with Gasteiger partial charge in [0.15, 0.2) is 0 Å². The summed E-state index contributed by atoms with van der Waals surface area (Å²) in [5, 5.41) is 1.98. The first-order chi connectivity index (χ1) is 21.2. The average Bonchev–Trinajstić information content (AvgIpc) is 3.97. The summed E-state index contributed by atoms with van der Waals surface area (Å²) in [5.41, 5.74) is 0.163. The van der Waals surface area contributed by atoms with Crippen LogP contribution in [0, 0.1) is 0 Å². The minimum absolute atomic E-state index is 0.0614. The number of carbonyl (C=O) groups is 1. The fourth-order valence-corrected chi connectivity index (χ4v) is 6.53. The number of halogens is 1. The molecule has 0 bridgehead atoms. The zero-order chi connectivity index (χ0) is 30.9. The number of anilines is 2. The summed E-state index contributed by atoms with van der Waals surface area (Å²) in [6.45, 7) is 1.45. The molecule has 2 saturated carbocycles. The lowest BCUT2D eigenvalue weighted by Gasteiger charge is -2.26. The summed E-state index contributed by atoms with van der Waals surface area (Å²) in [5.74, 6) is 0.0386. The van der Waals surface area contributed by atoms with Crippen molar-refractivity contribution in [3.8, 4) is 17.0 Å². The number of aromatic nitrogens is 5. The molecule has 6 rings (SSSR count). The number of sulfonamides is 1. The van der Waals surface area contributed by atoms with Crippen LogP contribution in [-0.2, 0) is 27.0 Å². The highest BCUT2D eigenvalue weighted by Gasteiger charge is 2.44. The number of nitrogens with one attached hydrogen (secondary N) is 1. The van der Waals surface area contributed by atoms with Gasteiger partial charge in [-0.1, -0.05) is 19.1 Å². The quantitative estimate of drug-likeness (QED) is 0.234. The molecule has 13 heteroatoms. The van der Waals surface area contributed by atoms with Crippen molar-refractivity contribution in [2.24, 2.45) is 0 Å². The van der Waals surface area contributed by atoms with Crippen LogP contribution in [0.2, 0.25) is 0 Å². The van der Waals surface area contributed by atoms with Crippen molar-refractivity contribution in [3.63, 3.8) is 0 Å². The molecule has 2 aliphatic rings. The monoisotopic (exact) mass is 617 g/mol. The van der Waals surface area contributed by atoms with Crippen LogP contribution in [0.5, 0.6) is 5.75 Å². The summed E-state index contributed by atoms with van der Waals surface area (Å²) < 4.78 is 49.7. The minimum atomic E-state index is -3.83. The Kier molecular flexibility index (Phi) is 7.97. The Labute approximate surface area is 255 Å². The largest absolute Gasteiger partial charge is 0.497 e. The molecule has 44 heavy (non-hydrogen) atoms. The molecule has 1 unspecified atom stereocenters. The van der Waals surface area contributed by atoms with E-state index in [0.29, 0.717) is 41.3 Å². The van der Waals surface area contributed by atoms with E-state index in [0.717, 1.165) is 22.8 Å². The third-order valence-electron chi connectivity index (χ3n) is 7.81. The van der Waals surface area contributed by atoms with Crippen LogP contribution in [-0.4, -0.2) is 51.6 Å². The number of ether oxygens (including phenoxy) is 1. The highest BCUT2D eigenvalue weighted by molar-refractivity contribution is 7.93. The summed E-state index contributed by atoms with van der Waals surface area (Å²) in [7, 11) is -2.29. The van der Waals surface area contributed by atoms with Gasteiger partial charge >= 0.3 is 0 Å². The fourth-order valence-electron chi connectivity index (χ4n) is 4.80. The first kappa shape index (κ1) is 29.5. The maximum atomic E-state index is 16.5. The molecule has 11 nitrogen and oxygen atoms in total. The number of benzene rings is 1. The summed E-state index contributed by atoms with van der Waals surface area (Å²) in [6, 6.07) is 11.5. The molecule has 3 aromatic heterocycles. The molecule has 228 valence electrons. The first-order valence-corrected chi connectivity index (χ1v) is 16.0. The Morgan fingerprint density at radius 3 is 2.43 bits per heavy atom. The van der Waals surface area contributed by atoms with Crippen molar-refractivity contribution in [2.75, 3.05) is 16.7 Å². The lowest BCUT2D eigenvalue weighted by Crippen LogP contribution is -2.39. The van der Waals surface area contributed by atoms with Crippen molar-refractivity contribution in [3.05, 3.63) is 84.2 Å². The van der Waals surface area contributed by atoms with Gasteiger partial charge in [-0.2, -0.15) is 0 Å². The number of methoxy groups -OCH3 is 1. The topological polar surface area (TPSA) is 140 Å². The van der Waals surface area contributed by atoms with Crippen LogP contribution < -0.4 is 14.4 Å². The standard InChI is InChI=1S/C31H32FN7O4S/c1-3-31(32,29(40)38-28-13-8-22(16-35-28)26-18-33-17-25(36-26)21-6-7-21)27-14-15-34-30(37-27)39(44(41,42)24-11-12-24)19-20-4-9-23(43-2)10-5-20/h4-5,8-10,13-18,21,24H,3,6-7,11-12,19H2,1-2H3,(H,35,38,40). The van der Waals surface area contributed by atoms with Gasteiger partial charge in [0, 0.05) is 30.1 Å². The molecule has 1 atom stereocenters. The SMILES string of the molecule is CCC(F)(C(=O)Nc1ccc(-c2cncc(C3CC3)n2)cn1)c1ccnc(N(Cc2ccc(OC)cc2)S(=O)(=O)C2CC2)n1. The Balaban J connectivity index is 1.23. The molecule has 2 fully saturated rings. The van der Waals surface area contributed by atoms with E-state index < -0.39 is 26.8 Å². The van der Waals surface area contributed by atoms with Crippen LogP contribution >= 0.6 is 0 Å². The predicted octanol–water partition coefficient (Wildman–Crippen LogP) is 4.93. The van der Waals surface area contributed by atoms with E-state index in [-0.39, 0.29) is 30.4 Å². The van der Waals surface area contributed by atoms with Crippen LogP contribution in [0.1, 0.15) is 61.9 Å². The minimum Gasteiger partial charge on any atom is -0.497 e. The van der Waals surface area contributed by atoms with E-state index >= 15 is 4.39 Å². The van der Waals surface area contributed by atoms with E-state index in [1.807, 2.05) is 0 Å². The summed E-state index contributed by atoms with van der Waals surface area (Å²) in [6.07, 6.45) is 9.23. The van der Waals surface area contributed by atoms with Gasteiger partial charge in [-0.05, 0) is 68.0 Å². The number of hydrogen-bond donors (Lipinski definition) is 1. The highest BCUT2D eigenvalue weighted by atomic mass is 32.2. The molecule has 0 spiro atoms. The fraction of sp³-hybridized carbons (Fsp3) is 0.355. The summed E-state index contributed by atoms with van der Waals surface area (Å²) >= 11 is 0. The third-order valence-corrected chi connectivity index (χ3v) is 10.0. The second kappa shape index (κ2) is 11.9. The Hall–Kier alpha value is -4.52. The van der Waals surface area contributed by atoms with E-state index in [9.17, 15) is 13.2 Å². The van der Waals surface area contributed by atoms with Crippen molar-refractivity contribution < 1.29 is 22.3 Å². The molecule has 2 aliphatic carbocycles. The van der Waals surface area contributed by atoms with Gasteiger partial charge in [0.1, 0.15) is 11.6 Å². The zero-order valence-corrected chi connectivity index (χ0v) is 25.2. The number of nitrogens with zero attached hydrogens (tertiary/aromatic N) is 6. The van der Waals surface area contributed by atoms with Crippen molar-refractivity contribution in [1.29, 1.82) is 0 Å². The lowest BCUT2D eigenvalue weighted by atomic mass is 9.97. The van der Waals surface area contributed by atoms with E-state index in [1.165, 1.54) is 19.2 Å². The van der Waals surface area contributed by atoms with Gasteiger partial charge in [0.2, 0.25) is 21.6 Å².